The number of Topliss-reactive ketones (excluding diaryl/α,β-unsaturated/α-hetero) is 4. The van der Waals surface area contributed by atoms with Gasteiger partial charge < -0.3 is 0 Å². The summed E-state index contributed by atoms with van der Waals surface area (Å²) in [5.74, 6) is -5.97. The van der Waals surface area contributed by atoms with Crippen LogP contribution in [0.15, 0.2) is 72.8 Å². The standard InChI is InChI=1S/C22H14O4/c23-19-17(14-8-2-1-3-9-14)20(24)22(26)18(21(19)25)16-12-6-10-13-7-4-5-11-15(13)16/h1-12,17-18H. The second-order valence-electron chi connectivity index (χ2n) is 6.30. The molecule has 0 radical (unpaired) electrons. The van der Waals surface area contributed by atoms with E-state index in [2.05, 4.69) is 0 Å². The number of fused-ring (bicyclic) bond motifs is 1. The van der Waals surface area contributed by atoms with E-state index in [1.807, 2.05) is 18.2 Å². The highest BCUT2D eigenvalue weighted by molar-refractivity contribution is 6.63. The van der Waals surface area contributed by atoms with E-state index in [1.165, 1.54) is 0 Å². The van der Waals surface area contributed by atoms with Gasteiger partial charge in [0.05, 0.1) is 0 Å². The van der Waals surface area contributed by atoms with E-state index in [9.17, 15) is 19.2 Å². The average Bonchev–Trinajstić information content (AvgIpc) is 2.68. The molecule has 0 saturated heterocycles. The molecule has 0 amide bonds. The van der Waals surface area contributed by atoms with E-state index < -0.39 is 35.0 Å². The number of ketones is 4. The van der Waals surface area contributed by atoms with E-state index in [0.717, 1.165) is 5.39 Å². The zero-order valence-electron chi connectivity index (χ0n) is 13.7. The molecule has 4 nitrogen and oxygen atoms in total. The Hall–Kier alpha value is -3.40. The Balaban J connectivity index is 1.83. The lowest BCUT2D eigenvalue weighted by Crippen LogP contribution is -2.46. The molecule has 4 heteroatoms. The van der Waals surface area contributed by atoms with Crippen LogP contribution in [0.2, 0.25) is 0 Å². The number of carbonyl (C=O) groups is 4. The van der Waals surface area contributed by atoms with Crippen LogP contribution in [0.5, 0.6) is 0 Å². The lowest BCUT2D eigenvalue weighted by atomic mass is 9.72. The summed E-state index contributed by atoms with van der Waals surface area (Å²) in [6, 6.07) is 20.7. The van der Waals surface area contributed by atoms with Gasteiger partial charge >= 0.3 is 0 Å². The molecule has 1 aliphatic rings. The van der Waals surface area contributed by atoms with Crippen LogP contribution >= 0.6 is 0 Å². The van der Waals surface area contributed by atoms with Crippen molar-refractivity contribution in [3.05, 3.63) is 83.9 Å². The number of benzene rings is 3. The first-order chi connectivity index (χ1) is 12.6. The third kappa shape index (κ3) is 2.39. The van der Waals surface area contributed by atoms with Crippen LogP contribution in [0.4, 0.5) is 0 Å². The molecular weight excluding hydrogens is 328 g/mol. The highest BCUT2D eigenvalue weighted by Crippen LogP contribution is 2.34. The average molecular weight is 342 g/mol. The summed E-state index contributed by atoms with van der Waals surface area (Å²) in [5, 5.41) is 1.54. The maximum absolute atomic E-state index is 12.8. The number of rotatable bonds is 2. The third-order valence-electron chi connectivity index (χ3n) is 4.80. The maximum atomic E-state index is 12.8. The summed E-state index contributed by atoms with van der Waals surface area (Å²) >= 11 is 0. The van der Waals surface area contributed by atoms with Crippen molar-refractivity contribution in [2.24, 2.45) is 0 Å². The maximum Gasteiger partial charge on any atom is 0.214 e. The number of hydrogen-bond acceptors (Lipinski definition) is 4. The summed E-state index contributed by atoms with van der Waals surface area (Å²) in [6.45, 7) is 0. The van der Waals surface area contributed by atoms with E-state index in [0.29, 0.717) is 16.5 Å². The van der Waals surface area contributed by atoms with Gasteiger partial charge in [0.1, 0.15) is 11.8 Å². The Morgan fingerprint density at radius 3 is 1.73 bits per heavy atom. The Kier molecular flexibility index (Phi) is 3.81. The summed E-state index contributed by atoms with van der Waals surface area (Å²) in [6.07, 6.45) is 0. The van der Waals surface area contributed by atoms with Gasteiger partial charge in [-0.25, -0.2) is 0 Å². The number of hydrogen-bond donors (Lipinski definition) is 0. The Labute approximate surface area is 149 Å². The van der Waals surface area contributed by atoms with Crippen LogP contribution in [-0.2, 0) is 19.2 Å². The van der Waals surface area contributed by atoms with Crippen LogP contribution in [0, 0.1) is 0 Å². The van der Waals surface area contributed by atoms with Crippen molar-refractivity contribution in [3.8, 4) is 0 Å². The normalized spacial score (nSPS) is 20.6. The van der Waals surface area contributed by atoms with Crippen molar-refractivity contribution in [2.45, 2.75) is 11.8 Å². The monoisotopic (exact) mass is 342 g/mol. The van der Waals surface area contributed by atoms with Crippen molar-refractivity contribution in [2.75, 3.05) is 0 Å². The molecule has 0 spiro atoms. The minimum Gasteiger partial charge on any atom is -0.290 e. The van der Waals surface area contributed by atoms with Crippen LogP contribution in [0.25, 0.3) is 10.8 Å². The van der Waals surface area contributed by atoms with E-state index in [4.69, 9.17) is 0 Å². The van der Waals surface area contributed by atoms with Crippen LogP contribution in [0.1, 0.15) is 23.0 Å². The molecule has 0 unspecified atom stereocenters. The molecule has 1 saturated carbocycles. The van der Waals surface area contributed by atoms with Crippen LogP contribution in [-0.4, -0.2) is 23.1 Å². The second-order valence-corrected chi connectivity index (χ2v) is 6.30. The Morgan fingerprint density at radius 1 is 0.500 bits per heavy atom. The molecule has 0 atom stereocenters. The molecule has 1 fully saturated rings. The van der Waals surface area contributed by atoms with Crippen molar-refractivity contribution >= 4 is 33.9 Å². The van der Waals surface area contributed by atoms with Crippen LogP contribution in [0.3, 0.4) is 0 Å². The topological polar surface area (TPSA) is 68.3 Å². The van der Waals surface area contributed by atoms with Gasteiger partial charge in [-0.2, -0.15) is 0 Å². The van der Waals surface area contributed by atoms with Crippen LogP contribution < -0.4 is 0 Å². The van der Waals surface area contributed by atoms with Crippen molar-refractivity contribution in [3.63, 3.8) is 0 Å². The zero-order chi connectivity index (χ0) is 18.3. The van der Waals surface area contributed by atoms with Gasteiger partial charge in [0.25, 0.3) is 0 Å². The molecule has 126 valence electrons. The van der Waals surface area contributed by atoms with Gasteiger partial charge in [0.15, 0.2) is 0 Å². The van der Waals surface area contributed by atoms with E-state index in [1.54, 1.807) is 54.6 Å². The zero-order valence-corrected chi connectivity index (χ0v) is 13.7. The minimum atomic E-state index is -1.36. The summed E-state index contributed by atoms with van der Waals surface area (Å²) in [7, 11) is 0. The van der Waals surface area contributed by atoms with E-state index in [-0.39, 0.29) is 0 Å². The van der Waals surface area contributed by atoms with Crippen molar-refractivity contribution < 1.29 is 19.2 Å². The molecule has 0 bridgehead atoms. The molecule has 1 aliphatic carbocycles. The molecule has 4 rings (SSSR count). The first-order valence-electron chi connectivity index (χ1n) is 8.28. The predicted molar refractivity (Wildman–Crippen MR) is 95.9 cm³/mol. The third-order valence-corrected chi connectivity index (χ3v) is 4.80. The fourth-order valence-corrected chi connectivity index (χ4v) is 3.54. The van der Waals surface area contributed by atoms with Gasteiger partial charge in [0, 0.05) is 0 Å². The first kappa shape index (κ1) is 16.1. The number of carbonyl (C=O) groups excluding carboxylic acids is 4. The summed E-state index contributed by atoms with van der Waals surface area (Å²) in [4.78, 5) is 50.9. The molecular formula is C22H14O4. The smallest absolute Gasteiger partial charge is 0.214 e. The van der Waals surface area contributed by atoms with Gasteiger partial charge in [-0.1, -0.05) is 72.8 Å². The fraction of sp³-hybridized carbons (Fsp3) is 0.0909. The SMILES string of the molecule is O=C1C(=O)C(c2cccc3ccccc23)C(=O)C(=O)C1c1ccccc1. The molecule has 0 heterocycles. The largest absolute Gasteiger partial charge is 0.290 e. The lowest BCUT2D eigenvalue weighted by molar-refractivity contribution is -0.151. The highest BCUT2D eigenvalue weighted by atomic mass is 16.2. The first-order valence-corrected chi connectivity index (χ1v) is 8.28. The molecule has 3 aromatic carbocycles. The highest BCUT2D eigenvalue weighted by Gasteiger charge is 2.50. The van der Waals surface area contributed by atoms with Crippen molar-refractivity contribution in [1.82, 2.24) is 0 Å². The second kappa shape index (κ2) is 6.15. The fourth-order valence-electron chi connectivity index (χ4n) is 3.54. The van der Waals surface area contributed by atoms with Gasteiger partial charge in [0.2, 0.25) is 23.1 Å². The molecule has 26 heavy (non-hydrogen) atoms. The molecule has 3 aromatic rings. The lowest BCUT2D eigenvalue weighted by Gasteiger charge is -2.25. The Morgan fingerprint density at radius 2 is 1.04 bits per heavy atom. The van der Waals surface area contributed by atoms with Crippen molar-refractivity contribution in [1.29, 1.82) is 0 Å². The molecule has 0 N–H and O–H groups in total. The van der Waals surface area contributed by atoms with Gasteiger partial charge in [-0.3, -0.25) is 19.2 Å². The predicted octanol–water partition coefficient (Wildman–Crippen LogP) is 3.00. The van der Waals surface area contributed by atoms with E-state index >= 15 is 0 Å². The summed E-state index contributed by atoms with van der Waals surface area (Å²) in [5.41, 5.74) is 0.784. The summed E-state index contributed by atoms with van der Waals surface area (Å²) < 4.78 is 0. The molecule has 0 aliphatic heterocycles. The molecule has 0 aromatic heterocycles. The van der Waals surface area contributed by atoms with Gasteiger partial charge in [-0.15, -0.1) is 0 Å². The minimum absolute atomic E-state index is 0.376. The Bertz CT molecular complexity index is 1030. The quantitative estimate of drug-likeness (QED) is 0.530. The van der Waals surface area contributed by atoms with Gasteiger partial charge in [-0.05, 0) is 21.9 Å².